The number of hydrogen-bond donors (Lipinski definition) is 1. The summed E-state index contributed by atoms with van der Waals surface area (Å²) in [7, 11) is 0. The van der Waals surface area contributed by atoms with E-state index in [2.05, 4.69) is 53.7 Å². The Kier molecular flexibility index (Phi) is 3.43. The van der Waals surface area contributed by atoms with Crippen molar-refractivity contribution >= 4 is 10.9 Å². The lowest BCUT2D eigenvalue weighted by atomic mass is 10.2. The van der Waals surface area contributed by atoms with Crippen LogP contribution in [0.15, 0.2) is 42.5 Å². The topological polar surface area (TPSA) is 17.0 Å². The number of para-hydroxylation sites is 1. The third-order valence-electron chi connectivity index (χ3n) is 3.93. The molecule has 2 nitrogen and oxygen atoms in total. The Bertz CT molecular complexity index is 590. The molecule has 0 saturated heterocycles. The van der Waals surface area contributed by atoms with E-state index < -0.39 is 0 Å². The van der Waals surface area contributed by atoms with Gasteiger partial charge in [0.1, 0.15) is 0 Å². The van der Waals surface area contributed by atoms with Crippen LogP contribution in [-0.2, 0) is 13.1 Å². The molecule has 1 heterocycles. The van der Waals surface area contributed by atoms with E-state index in [1.54, 1.807) is 0 Å². The molecule has 1 aliphatic carbocycles. The normalized spacial score (nSPS) is 15.0. The minimum absolute atomic E-state index is 0.751. The average Bonchev–Trinajstić information content (AvgIpc) is 3.20. The van der Waals surface area contributed by atoms with E-state index in [4.69, 9.17) is 0 Å². The number of hydrogen-bond acceptors (Lipinski definition) is 1. The van der Waals surface area contributed by atoms with Gasteiger partial charge in [0.25, 0.3) is 0 Å². The van der Waals surface area contributed by atoms with Crippen molar-refractivity contribution in [2.45, 2.75) is 45.3 Å². The largest absolute Gasteiger partial charge is 0.339 e. The molecule has 3 rings (SSSR count). The van der Waals surface area contributed by atoms with Crippen molar-refractivity contribution in [2.75, 3.05) is 0 Å². The molecule has 1 aromatic heterocycles. The third-order valence-corrected chi connectivity index (χ3v) is 3.93. The molecular formula is C17H22N2. The van der Waals surface area contributed by atoms with E-state index in [0.717, 1.165) is 25.6 Å². The fraction of sp³-hybridized carbons (Fsp3) is 0.412. The summed E-state index contributed by atoms with van der Waals surface area (Å²) in [5, 5.41) is 4.95. The van der Waals surface area contributed by atoms with Gasteiger partial charge in [-0.05, 0) is 36.8 Å². The fourth-order valence-corrected chi connectivity index (χ4v) is 2.47. The maximum absolute atomic E-state index is 4.16. The first kappa shape index (κ1) is 12.5. The molecule has 1 saturated carbocycles. The van der Waals surface area contributed by atoms with Gasteiger partial charge >= 0.3 is 0 Å². The second-order valence-corrected chi connectivity index (χ2v) is 5.54. The average molecular weight is 254 g/mol. The molecule has 1 fully saturated rings. The molecule has 0 spiro atoms. The Morgan fingerprint density at radius 3 is 2.89 bits per heavy atom. The zero-order valence-electron chi connectivity index (χ0n) is 11.7. The molecule has 2 aromatic rings. The minimum atomic E-state index is 0.751. The second kappa shape index (κ2) is 5.22. The number of rotatable bonds is 6. The minimum Gasteiger partial charge on any atom is -0.339 e. The van der Waals surface area contributed by atoms with Gasteiger partial charge in [-0.25, -0.2) is 0 Å². The zero-order valence-corrected chi connectivity index (χ0v) is 11.7. The number of allylic oxidation sites excluding steroid dienone is 1. The van der Waals surface area contributed by atoms with E-state index in [9.17, 15) is 0 Å². The van der Waals surface area contributed by atoms with Crippen LogP contribution in [0.1, 0.15) is 31.9 Å². The molecule has 0 radical (unpaired) electrons. The Morgan fingerprint density at radius 2 is 2.16 bits per heavy atom. The Hall–Kier alpha value is -1.54. The van der Waals surface area contributed by atoms with Crippen molar-refractivity contribution in [2.24, 2.45) is 0 Å². The highest BCUT2D eigenvalue weighted by Gasteiger charge is 2.21. The summed E-state index contributed by atoms with van der Waals surface area (Å²) in [5.74, 6) is 0. The molecule has 0 unspecified atom stereocenters. The van der Waals surface area contributed by atoms with Crippen molar-refractivity contribution in [1.82, 2.24) is 9.88 Å². The van der Waals surface area contributed by atoms with Crippen molar-refractivity contribution in [3.63, 3.8) is 0 Å². The van der Waals surface area contributed by atoms with E-state index >= 15 is 0 Å². The van der Waals surface area contributed by atoms with E-state index in [-0.39, 0.29) is 0 Å². The van der Waals surface area contributed by atoms with Gasteiger partial charge in [-0.15, -0.1) is 0 Å². The smallest absolute Gasteiger partial charge is 0.0485 e. The van der Waals surface area contributed by atoms with Crippen LogP contribution in [0, 0.1) is 0 Å². The van der Waals surface area contributed by atoms with Crippen LogP contribution < -0.4 is 5.32 Å². The lowest BCUT2D eigenvalue weighted by Gasteiger charge is -2.12. The van der Waals surface area contributed by atoms with E-state index in [1.807, 2.05) is 0 Å². The summed E-state index contributed by atoms with van der Waals surface area (Å²) in [6.07, 6.45) is 3.71. The molecule has 0 amide bonds. The number of aromatic nitrogens is 1. The molecule has 1 N–H and O–H groups in total. The lowest BCUT2D eigenvalue weighted by Crippen LogP contribution is -2.18. The van der Waals surface area contributed by atoms with Crippen molar-refractivity contribution < 1.29 is 0 Å². The zero-order chi connectivity index (χ0) is 13.2. The van der Waals surface area contributed by atoms with Gasteiger partial charge in [0.05, 0.1) is 0 Å². The number of nitrogens with zero attached hydrogens (tertiary/aromatic N) is 1. The van der Waals surface area contributed by atoms with Crippen molar-refractivity contribution in [1.29, 1.82) is 0 Å². The molecule has 0 bridgehead atoms. The predicted octanol–water partition coefficient (Wildman–Crippen LogP) is 3.86. The molecule has 0 atom stereocenters. The van der Waals surface area contributed by atoms with Crippen LogP contribution in [0.2, 0.25) is 0 Å². The number of benzene rings is 1. The molecule has 1 aliphatic rings. The SMILES string of the molecule is C=C(CC)Cn1c(CNC2CC2)cc2ccccc21. The molecule has 19 heavy (non-hydrogen) atoms. The van der Waals surface area contributed by atoms with Gasteiger partial charge in [0.2, 0.25) is 0 Å². The summed E-state index contributed by atoms with van der Waals surface area (Å²) in [6, 6.07) is 11.7. The first-order chi connectivity index (χ1) is 9.28. The van der Waals surface area contributed by atoms with Crippen LogP contribution in [0.3, 0.4) is 0 Å². The van der Waals surface area contributed by atoms with Crippen LogP contribution in [-0.4, -0.2) is 10.6 Å². The molecule has 1 aromatic carbocycles. The maximum atomic E-state index is 4.16. The summed E-state index contributed by atoms with van der Waals surface area (Å²) in [4.78, 5) is 0. The first-order valence-corrected chi connectivity index (χ1v) is 7.25. The fourth-order valence-electron chi connectivity index (χ4n) is 2.47. The predicted molar refractivity (Wildman–Crippen MR) is 81.2 cm³/mol. The third kappa shape index (κ3) is 2.74. The number of nitrogens with one attached hydrogen (secondary N) is 1. The summed E-state index contributed by atoms with van der Waals surface area (Å²) in [6.45, 7) is 8.24. The lowest BCUT2D eigenvalue weighted by molar-refractivity contribution is 0.636. The monoisotopic (exact) mass is 254 g/mol. The highest BCUT2D eigenvalue weighted by Crippen LogP contribution is 2.23. The van der Waals surface area contributed by atoms with Crippen LogP contribution in [0.4, 0.5) is 0 Å². The van der Waals surface area contributed by atoms with Gasteiger partial charge in [-0.3, -0.25) is 0 Å². The van der Waals surface area contributed by atoms with Crippen molar-refractivity contribution in [3.8, 4) is 0 Å². The molecule has 2 heteroatoms. The molecule has 100 valence electrons. The molecule has 0 aliphatic heterocycles. The van der Waals surface area contributed by atoms with Crippen LogP contribution in [0.5, 0.6) is 0 Å². The maximum Gasteiger partial charge on any atom is 0.0485 e. The Labute approximate surface area is 115 Å². The first-order valence-electron chi connectivity index (χ1n) is 7.25. The number of fused-ring (bicyclic) bond motifs is 1. The van der Waals surface area contributed by atoms with E-state index in [1.165, 1.54) is 35.0 Å². The van der Waals surface area contributed by atoms with Crippen molar-refractivity contribution in [3.05, 3.63) is 48.2 Å². The quantitative estimate of drug-likeness (QED) is 0.775. The summed E-state index contributed by atoms with van der Waals surface area (Å²) >= 11 is 0. The van der Waals surface area contributed by atoms with Crippen LogP contribution >= 0.6 is 0 Å². The van der Waals surface area contributed by atoms with Gasteiger partial charge < -0.3 is 9.88 Å². The standard InChI is InChI=1S/C17H22N2/c1-3-13(2)12-19-16(11-18-15-8-9-15)10-14-6-4-5-7-17(14)19/h4-7,10,15,18H,2-3,8-9,11-12H2,1H3. The summed E-state index contributed by atoms with van der Waals surface area (Å²) < 4.78 is 2.41. The highest BCUT2D eigenvalue weighted by molar-refractivity contribution is 5.81. The van der Waals surface area contributed by atoms with Gasteiger partial charge in [0.15, 0.2) is 0 Å². The van der Waals surface area contributed by atoms with Gasteiger partial charge in [-0.2, -0.15) is 0 Å². The van der Waals surface area contributed by atoms with Gasteiger partial charge in [-0.1, -0.05) is 37.3 Å². The highest BCUT2D eigenvalue weighted by atomic mass is 15.0. The van der Waals surface area contributed by atoms with Crippen LogP contribution in [0.25, 0.3) is 10.9 Å². The summed E-state index contributed by atoms with van der Waals surface area (Å²) in [5.41, 5.74) is 3.99. The Morgan fingerprint density at radius 1 is 1.37 bits per heavy atom. The van der Waals surface area contributed by atoms with Gasteiger partial charge in [0, 0.05) is 30.3 Å². The second-order valence-electron chi connectivity index (χ2n) is 5.54. The Balaban J connectivity index is 1.92. The molecular weight excluding hydrogens is 232 g/mol. The van der Waals surface area contributed by atoms with E-state index in [0.29, 0.717) is 0 Å².